The summed E-state index contributed by atoms with van der Waals surface area (Å²) in [5.74, 6) is 0.207. The molecule has 0 saturated carbocycles. The first-order valence-corrected chi connectivity index (χ1v) is 10.6. The number of hydrogen-bond acceptors (Lipinski definition) is 5. The molecule has 154 valence electrons. The summed E-state index contributed by atoms with van der Waals surface area (Å²) in [6.07, 6.45) is 6.08. The van der Waals surface area contributed by atoms with E-state index < -0.39 is 0 Å². The number of nitrogens with zero attached hydrogens (tertiary/aromatic N) is 2. The number of nitrogens with one attached hydrogen (secondary N) is 1. The van der Waals surface area contributed by atoms with E-state index in [2.05, 4.69) is 10.2 Å². The highest BCUT2D eigenvalue weighted by Crippen LogP contribution is 2.32. The van der Waals surface area contributed by atoms with Gasteiger partial charge >= 0.3 is 0 Å². The number of morpholine rings is 1. The summed E-state index contributed by atoms with van der Waals surface area (Å²) >= 11 is 0. The average molecular weight is 382 g/mol. The Labute approximate surface area is 162 Å². The monoisotopic (exact) mass is 381 g/mol. The normalized spacial score (nSPS) is 23.3. The van der Waals surface area contributed by atoms with Crippen LogP contribution in [0.25, 0.3) is 0 Å². The third-order valence-electron chi connectivity index (χ3n) is 6.13. The molecule has 0 radical (unpaired) electrons. The van der Waals surface area contributed by atoms with Gasteiger partial charge in [0.05, 0.1) is 13.2 Å². The van der Waals surface area contributed by atoms with Crippen molar-refractivity contribution in [3.8, 4) is 0 Å². The van der Waals surface area contributed by atoms with Crippen LogP contribution in [0.1, 0.15) is 44.9 Å². The summed E-state index contributed by atoms with van der Waals surface area (Å²) < 4.78 is 10.8. The first-order chi connectivity index (χ1) is 13.2. The van der Waals surface area contributed by atoms with Crippen LogP contribution in [0.2, 0.25) is 0 Å². The molecule has 0 aromatic rings. The number of amides is 2. The van der Waals surface area contributed by atoms with Gasteiger partial charge in [-0.15, -0.1) is 0 Å². The molecule has 27 heavy (non-hydrogen) atoms. The van der Waals surface area contributed by atoms with E-state index in [0.29, 0.717) is 45.6 Å². The van der Waals surface area contributed by atoms with Gasteiger partial charge in [0, 0.05) is 57.6 Å². The fourth-order valence-corrected chi connectivity index (χ4v) is 4.36. The molecule has 0 atom stereocenters. The van der Waals surface area contributed by atoms with Gasteiger partial charge in [-0.3, -0.25) is 9.59 Å². The second kappa shape index (κ2) is 10.4. The molecule has 3 saturated heterocycles. The number of carbonyl (C=O) groups excluding carboxylic acids is 2. The van der Waals surface area contributed by atoms with Crippen LogP contribution in [0, 0.1) is 5.41 Å². The zero-order valence-corrected chi connectivity index (χ0v) is 16.5. The van der Waals surface area contributed by atoms with Gasteiger partial charge in [0.25, 0.3) is 0 Å². The zero-order valence-electron chi connectivity index (χ0n) is 16.5. The van der Waals surface area contributed by atoms with E-state index in [-0.39, 0.29) is 17.2 Å². The highest BCUT2D eigenvalue weighted by atomic mass is 16.5. The van der Waals surface area contributed by atoms with Crippen LogP contribution in [-0.2, 0) is 19.1 Å². The van der Waals surface area contributed by atoms with E-state index in [1.54, 1.807) is 0 Å². The Balaban J connectivity index is 1.37. The van der Waals surface area contributed by atoms with Crippen LogP contribution in [0.3, 0.4) is 0 Å². The molecule has 3 fully saturated rings. The first kappa shape index (κ1) is 20.6. The van der Waals surface area contributed by atoms with E-state index in [4.69, 9.17) is 9.47 Å². The van der Waals surface area contributed by atoms with Crippen molar-refractivity contribution in [2.24, 2.45) is 5.41 Å². The van der Waals surface area contributed by atoms with Gasteiger partial charge < -0.3 is 24.6 Å². The van der Waals surface area contributed by atoms with Gasteiger partial charge in [-0.1, -0.05) is 0 Å². The predicted molar refractivity (Wildman–Crippen MR) is 102 cm³/mol. The van der Waals surface area contributed by atoms with Crippen molar-refractivity contribution in [2.75, 3.05) is 65.7 Å². The predicted octanol–water partition coefficient (Wildman–Crippen LogP) is 1.02. The van der Waals surface area contributed by atoms with Gasteiger partial charge in [-0.05, 0) is 45.2 Å². The smallest absolute Gasteiger partial charge is 0.222 e. The summed E-state index contributed by atoms with van der Waals surface area (Å²) in [7, 11) is 0. The Morgan fingerprint density at radius 2 is 1.56 bits per heavy atom. The molecule has 0 aromatic heterocycles. The van der Waals surface area contributed by atoms with Crippen molar-refractivity contribution in [3.63, 3.8) is 0 Å². The Hall–Kier alpha value is -1.18. The molecule has 0 unspecified atom stereocenters. The van der Waals surface area contributed by atoms with Crippen molar-refractivity contribution in [2.45, 2.75) is 44.9 Å². The molecule has 7 heteroatoms. The molecular weight excluding hydrogens is 346 g/mol. The zero-order chi connectivity index (χ0) is 19.0. The molecule has 3 aliphatic heterocycles. The van der Waals surface area contributed by atoms with Gasteiger partial charge in [0.1, 0.15) is 0 Å². The third kappa shape index (κ3) is 6.43. The SMILES string of the molecule is O=C(CCCC(=O)N1CCOCC1)NCC1(CN2CCCC2)CCOCC1. The third-order valence-corrected chi connectivity index (χ3v) is 6.13. The fraction of sp³-hybridized carbons (Fsp3) is 0.900. The van der Waals surface area contributed by atoms with E-state index in [9.17, 15) is 9.59 Å². The van der Waals surface area contributed by atoms with E-state index in [1.165, 1.54) is 25.9 Å². The lowest BCUT2D eigenvalue weighted by Gasteiger charge is -2.40. The molecule has 0 bridgehead atoms. The summed E-state index contributed by atoms with van der Waals surface area (Å²) in [5, 5.41) is 3.15. The minimum atomic E-state index is 0.0667. The summed E-state index contributed by atoms with van der Waals surface area (Å²) in [5.41, 5.74) is 0.141. The fourth-order valence-electron chi connectivity index (χ4n) is 4.36. The van der Waals surface area contributed by atoms with Crippen LogP contribution < -0.4 is 5.32 Å². The van der Waals surface area contributed by atoms with Gasteiger partial charge in [-0.25, -0.2) is 0 Å². The summed E-state index contributed by atoms with van der Waals surface area (Å²) in [6.45, 7) is 8.31. The number of carbonyl (C=O) groups is 2. The lowest BCUT2D eigenvalue weighted by atomic mass is 9.79. The standard InChI is InChI=1S/C20H35N3O4/c24-18(4-3-5-19(25)23-10-14-27-15-11-23)21-16-20(6-12-26-13-7-20)17-22-8-1-2-9-22/h1-17H2,(H,21,24). The second-order valence-electron chi connectivity index (χ2n) is 8.22. The lowest BCUT2D eigenvalue weighted by molar-refractivity contribution is -0.135. The van der Waals surface area contributed by atoms with Crippen molar-refractivity contribution in [3.05, 3.63) is 0 Å². The average Bonchev–Trinajstić information content (AvgIpc) is 3.20. The molecule has 0 aliphatic carbocycles. The maximum absolute atomic E-state index is 12.3. The first-order valence-electron chi connectivity index (χ1n) is 10.6. The molecule has 0 aromatic carbocycles. The molecule has 3 rings (SSSR count). The van der Waals surface area contributed by atoms with E-state index in [0.717, 1.165) is 39.1 Å². The highest BCUT2D eigenvalue weighted by Gasteiger charge is 2.35. The summed E-state index contributed by atoms with van der Waals surface area (Å²) in [4.78, 5) is 28.9. The Kier molecular flexibility index (Phi) is 7.91. The summed E-state index contributed by atoms with van der Waals surface area (Å²) in [6, 6.07) is 0. The van der Waals surface area contributed by atoms with Crippen LogP contribution in [0.4, 0.5) is 0 Å². The topological polar surface area (TPSA) is 71.1 Å². The van der Waals surface area contributed by atoms with Crippen LogP contribution in [0.15, 0.2) is 0 Å². The van der Waals surface area contributed by atoms with Crippen LogP contribution >= 0.6 is 0 Å². The molecular formula is C20H35N3O4. The molecule has 7 nitrogen and oxygen atoms in total. The molecule has 0 spiro atoms. The molecule has 3 aliphatic rings. The Morgan fingerprint density at radius 1 is 0.889 bits per heavy atom. The maximum Gasteiger partial charge on any atom is 0.222 e. The van der Waals surface area contributed by atoms with Gasteiger partial charge in [0.2, 0.25) is 11.8 Å². The highest BCUT2D eigenvalue weighted by molar-refractivity contribution is 5.79. The molecule has 1 N–H and O–H groups in total. The van der Waals surface area contributed by atoms with Gasteiger partial charge in [-0.2, -0.15) is 0 Å². The van der Waals surface area contributed by atoms with Crippen molar-refractivity contribution in [1.82, 2.24) is 15.1 Å². The number of ether oxygens (including phenoxy) is 2. The van der Waals surface area contributed by atoms with Crippen molar-refractivity contribution in [1.29, 1.82) is 0 Å². The number of rotatable bonds is 8. The van der Waals surface area contributed by atoms with E-state index in [1.807, 2.05) is 4.90 Å². The number of likely N-dealkylation sites (tertiary alicyclic amines) is 1. The van der Waals surface area contributed by atoms with Crippen molar-refractivity contribution < 1.29 is 19.1 Å². The molecule has 3 heterocycles. The number of hydrogen-bond donors (Lipinski definition) is 1. The minimum Gasteiger partial charge on any atom is -0.381 e. The van der Waals surface area contributed by atoms with Crippen molar-refractivity contribution >= 4 is 11.8 Å². The maximum atomic E-state index is 12.3. The minimum absolute atomic E-state index is 0.0667. The van der Waals surface area contributed by atoms with Gasteiger partial charge in [0.15, 0.2) is 0 Å². The van der Waals surface area contributed by atoms with E-state index >= 15 is 0 Å². The van der Waals surface area contributed by atoms with Crippen LogP contribution in [-0.4, -0.2) is 87.3 Å². The Bertz CT molecular complexity index is 482. The lowest BCUT2D eigenvalue weighted by Crippen LogP contribution is -2.48. The molecule has 2 amide bonds. The largest absolute Gasteiger partial charge is 0.381 e. The quantitative estimate of drug-likeness (QED) is 0.680. The second-order valence-corrected chi connectivity index (χ2v) is 8.22. The van der Waals surface area contributed by atoms with Crippen LogP contribution in [0.5, 0.6) is 0 Å². The Morgan fingerprint density at radius 3 is 2.26 bits per heavy atom.